The van der Waals surface area contributed by atoms with Crippen molar-refractivity contribution in [2.24, 2.45) is 0 Å². The molecule has 0 saturated carbocycles. The number of carbonyl (C=O) groups is 1. The van der Waals surface area contributed by atoms with Crippen molar-refractivity contribution in [1.82, 2.24) is 15.5 Å². The molecule has 0 radical (unpaired) electrons. The number of nitrogens with one attached hydrogen (secondary N) is 2. The smallest absolute Gasteiger partial charge is 0.243 e. The van der Waals surface area contributed by atoms with Gasteiger partial charge in [0.25, 0.3) is 0 Å². The highest BCUT2D eigenvalue weighted by Gasteiger charge is 2.24. The average molecular weight is 353 g/mol. The molecule has 5 nitrogen and oxygen atoms in total. The zero-order valence-electron chi connectivity index (χ0n) is 13.0. The number of amides is 1. The summed E-state index contributed by atoms with van der Waals surface area (Å²) in [5.41, 5.74) is 1.23. The van der Waals surface area contributed by atoms with Gasteiger partial charge >= 0.3 is 0 Å². The minimum Gasteiger partial charge on any atom is -0.306 e. The summed E-state index contributed by atoms with van der Waals surface area (Å²) in [4.78, 5) is 12.1. The van der Waals surface area contributed by atoms with E-state index in [0.717, 1.165) is 30.8 Å². The quantitative estimate of drug-likeness (QED) is 0.867. The molecule has 7 heteroatoms. The number of nitrogens with zero attached hydrogens (tertiary/aromatic N) is 2. The number of carbonyl (C=O) groups excluding carboxylic acids is 1. The van der Waals surface area contributed by atoms with Crippen molar-refractivity contribution >= 4 is 34.8 Å². The van der Waals surface area contributed by atoms with E-state index in [1.54, 1.807) is 0 Å². The van der Waals surface area contributed by atoms with Crippen LogP contribution >= 0.6 is 23.7 Å². The number of aromatic nitrogens is 2. The number of rotatable bonds is 5. The van der Waals surface area contributed by atoms with E-state index in [2.05, 4.69) is 39.9 Å². The van der Waals surface area contributed by atoms with E-state index in [4.69, 9.17) is 0 Å². The van der Waals surface area contributed by atoms with Gasteiger partial charge in [0.05, 0.1) is 6.04 Å². The standard InChI is InChI=1S/C16H20N4OS.ClH/c1-2-12(11-7-4-3-5-8-11)15-19-20-16(22-15)18-14(21)13-9-6-10-17-13;/h3-5,7-8,12-13,17H,2,6,9-10H2,1H3,(H,18,20,21);1H. The largest absolute Gasteiger partial charge is 0.306 e. The summed E-state index contributed by atoms with van der Waals surface area (Å²) in [6.07, 6.45) is 2.89. The number of hydrogen-bond acceptors (Lipinski definition) is 5. The van der Waals surface area contributed by atoms with E-state index in [-0.39, 0.29) is 30.3 Å². The van der Waals surface area contributed by atoms with Crippen LogP contribution in [0.5, 0.6) is 0 Å². The van der Waals surface area contributed by atoms with Gasteiger partial charge in [0, 0.05) is 5.92 Å². The summed E-state index contributed by atoms with van der Waals surface area (Å²) in [5.74, 6) is 0.224. The molecule has 2 unspecified atom stereocenters. The van der Waals surface area contributed by atoms with Crippen molar-refractivity contribution < 1.29 is 4.79 Å². The molecule has 1 aromatic carbocycles. The van der Waals surface area contributed by atoms with Gasteiger partial charge in [-0.05, 0) is 31.4 Å². The van der Waals surface area contributed by atoms with Gasteiger partial charge in [-0.25, -0.2) is 0 Å². The maximum absolute atomic E-state index is 12.1. The lowest BCUT2D eigenvalue weighted by atomic mass is 9.97. The Morgan fingerprint density at radius 3 is 2.83 bits per heavy atom. The highest BCUT2D eigenvalue weighted by Crippen LogP contribution is 2.31. The molecule has 124 valence electrons. The third-order valence-corrected chi connectivity index (χ3v) is 4.91. The Morgan fingerprint density at radius 2 is 2.17 bits per heavy atom. The van der Waals surface area contributed by atoms with Gasteiger partial charge in [-0.15, -0.1) is 22.6 Å². The van der Waals surface area contributed by atoms with Crippen LogP contribution in [0.25, 0.3) is 0 Å². The number of benzene rings is 1. The van der Waals surface area contributed by atoms with Crippen LogP contribution in [0, 0.1) is 0 Å². The molecule has 0 bridgehead atoms. The molecule has 0 aliphatic carbocycles. The lowest BCUT2D eigenvalue weighted by Gasteiger charge is -2.11. The predicted octanol–water partition coefficient (Wildman–Crippen LogP) is 3.19. The zero-order chi connectivity index (χ0) is 15.4. The average Bonchev–Trinajstić information content (AvgIpc) is 3.21. The maximum Gasteiger partial charge on any atom is 0.243 e. The van der Waals surface area contributed by atoms with Crippen LogP contribution in [0.2, 0.25) is 0 Å². The normalized spacial score (nSPS) is 18.2. The SMILES string of the molecule is CCC(c1ccccc1)c1nnc(NC(=O)C2CCCN2)s1.Cl. The first kappa shape index (κ1) is 17.8. The van der Waals surface area contributed by atoms with Gasteiger partial charge < -0.3 is 5.32 Å². The highest BCUT2D eigenvalue weighted by molar-refractivity contribution is 7.15. The molecule has 1 fully saturated rings. The van der Waals surface area contributed by atoms with Crippen LogP contribution in [0.4, 0.5) is 5.13 Å². The second-order valence-electron chi connectivity index (χ2n) is 5.46. The summed E-state index contributed by atoms with van der Waals surface area (Å²) < 4.78 is 0. The van der Waals surface area contributed by atoms with Crippen molar-refractivity contribution in [2.45, 2.75) is 38.1 Å². The molecule has 2 aromatic rings. The van der Waals surface area contributed by atoms with Crippen molar-refractivity contribution in [3.63, 3.8) is 0 Å². The van der Waals surface area contributed by atoms with Crippen molar-refractivity contribution in [1.29, 1.82) is 0 Å². The molecule has 1 aromatic heterocycles. The Kier molecular flexibility index (Phi) is 6.50. The Morgan fingerprint density at radius 1 is 1.39 bits per heavy atom. The summed E-state index contributed by atoms with van der Waals surface area (Å²) in [7, 11) is 0. The molecule has 0 spiro atoms. The lowest BCUT2D eigenvalue weighted by molar-refractivity contribution is -0.117. The Bertz CT molecular complexity index is 628. The van der Waals surface area contributed by atoms with Crippen molar-refractivity contribution in [2.75, 3.05) is 11.9 Å². The second kappa shape index (κ2) is 8.38. The molecule has 23 heavy (non-hydrogen) atoms. The molecule has 2 atom stereocenters. The minimum atomic E-state index is -0.0940. The fraction of sp³-hybridized carbons (Fsp3) is 0.438. The topological polar surface area (TPSA) is 66.9 Å². The fourth-order valence-corrected chi connectivity index (χ4v) is 3.72. The minimum absolute atomic E-state index is 0. The second-order valence-corrected chi connectivity index (χ2v) is 6.46. The van der Waals surface area contributed by atoms with E-state index in [0.29, 0.717) is 5.13 Å². The van der Waals surface area contributed by atoms with E-state index in [1.807, 2.05) is 18.2 Å². The Labute approximate surface area is 146 Å². The molecule has 1 aliphatic rings. The van der Waals surface area contributed by atoms with Gasteiger partial charge in [0.2, 0.25) is 11.0 Å². The van der Waals surface area contributed by atoms with Gasteiger partial charge in [-0.2, -0.15) is 0 Å². The van der Waals surface area contributed by atoms with Crippen LogP contribution in [-0.2, 0) is 4.79 Å². The van der Waals surface area contributed by atoms with E-state index < -0.39 is 0 Å². The third kappa shape index (κ3) is 4.28. The number of hydrogen-bond donors (Lipinski definition) is 2. The first-order chi connectivity index (χ1) is 10.8. The van der Waals surface area contributed by atoms with Crippen molar-refractivity contribution in [3.8, 4) is 0 Å². The van der Waals surface area contributed by atoms with Crippen LogP contribution < -0.4 is 10.6 Å². The van der Waals surface area contributed by atoms with E-state index >= 15 is 0 Å². The summed E-state index contributed by atoms with van der Waals surface area (Å²) >= 11 is 1.47. The predicted molar refractivity (Wildman–Crippen MR) is 95.4 cm³/mol. The molecule has 2 heterocycles. The molecule has 2 N–H and O–H groups in total. The summed E-state index contributed by atoms with van der Waals surface area (Å²) in [5, 5.41) is 16.0. The number of halogens is 1. The Hall–Kier alpha value is -1.50. The monoisotopic (exact) mass is 352 g/mol. The van der Waals surface area contributed by atoms with Gasteiger partial charge in [0.1, 0.15) is 5.01 Å². The zero-order valence-corrected chi connectivity index (χ0v) is 14.6. The maximum atomic E-state index is 12.1. The first-order valence-corrected chi connectivity index (χ1v) is 8.52. The highest BCUT2D eigenvalue weighted by atomic mass is 35.5. The van der Waals surface area contributed by atoms with Crippen molar-refractivity contribution in [3.05, 3.63) is 40.9 Å². The summed E-state index contributed by atoms with van der Waals surface area (Å²) in [6.45, 7) is 3.05. The van der Waals surface area contributed by atoms with Crippen LogP contribution in [-0.4, -0.2) is 28.7 Å². The molecular formula is C16H21ClN4OS. The fourth-order valence-electron chi connectivity index (χ4n) is 2.76. The first-order valence-electron chi connectivity index (χ1n) is 7.70. The van der Waals surface area contributed by atoms with Gasteiger partial charge in [0.15, 0.2) is 0 Å². The third-order valence-electron chi connectivity index (χ3n) is 3.96. The van der Waals surface area contributed by atoms with Gasteiger partial charge in [-0.3, -0.25) is 10.1 Å². The van der Waals surface area contributed by atoms with E-state index in [1.165, 1.54) is 16.9 Å². The van der Waals surface area contributed by atoms with Crippen LogP contribution in [0.1, 0.15) is 42.7 Å². The van der Waals surface area contributed by atoms with Crippen LogP contribution in [0.3, 0.4) is 0 Å². The van der Waals surface area contributed by atoms with E-state index in [9.17, 15) is 4.79 Å². The lowest BCUT2D eigenvalue weighted by Crippen LogP contribution is -2.35. The molecular weight excluding hydrogens is 332 g/mol. The number of anilines is 1. The molecule has 3 rings (SSSR count). The summed E-state index contributed by atoms with van der Waals surface area (Å²) in [6, 6.07) is 10.2. The Balaban J connectivity index is 0.00000192. The molecule has 1 aliphatic heterocycles. The molecule has 1 saturated heterocycles. The van der Waals surface area contributed by atoms with Gasteiger partial charge in [-0.1, -0.05) is 48.6 Å². The van der Waals surface area contributed by atoms with Crippen LogP contribution in [0.15, 0.2) is 30.3 Å². The molecule has 1 amide bonds.